The van der Waals surface area contributed by atoms with Crippen molar-refractivity contribution in [3.63, 3.8) is 0 Å². The summed E-state index contributed by atoms with van der Waals surface area (Å²) in [5, 5.41) is 0. The fourth-order valence-electron chi connectivity index (χ4n) is 1.21. The molecule has 0 aromatic carbocycles. The Morgan fingerprint density at radius 3 is 2.69 bits per heavy atom. The molecule has 0 saturated heterocycles. The van der Waals surface area contributed by atoms with Crippen molar-refractivity contribution in [3.8, 4) is 0 Å². The van der Waals surface area contributed by atoms with Crippen molar-refractivity contribution in [3.05, 3.63) is 30.1 Å². The summed E-state index contributed by atoms with van der Waals surface area (Å²) in [7, 11) is 2.10. The predicted octanol–water partition coefficient (Wildman–Crippen LogP) is 2.14. The molecule has 0 unspecified atom stereocenters. The largest absolute Gasteiger partial charge is 0.302 e. The maximum Gasteiger partial charge on any atom is 0.0271 e. The van der Waals surface area contributed by atoms with E-state index in [9.17, 15) is 0 Å². The lowest BCUT2D eigenvalue weighted by molar-refractivity contribution is 0.328. The lowest BCUT2D eigenvalue weighted by atomic mass is 10.2. The highest BCUT2D eigenvalue weighted by Gasteiger charge is 1.98. The van der Waals surface area contributed by atoms with Gasteiger partial charge >= 0.3 is 0 Å². The van der Waals surface area contributed by atoms with Gasteiger partial charge in [0.05, 0.1) is 0 Å². The van der Waals surface area contributed by atoms with E-state index in [1.807, 2.05) is 24.5 Å². The Bertz CT molecular complexity index is 226. The van der Waals surface area contributed by atoms with E-state index in [2.05, 4.69) is 16.9 Å². The fraction of sp³-hybridized carbons (Fsp3) is 0.500. The van der Waals surface area contributed by atoms with E-state index in [1.165, 1.54) is 5.56 Å². The average Bonchev–Trinajstić information content (AvgIpc) is 2.16. The second kappa shape index (κ2) is 5.95. The van der Waals surface area contributed by atoms with Crippen molar-refractivity contribution in [1.29, 1.82) is 0 Å². The molecule has 13 heavy (non-hydrogen) atoms. The van der Waals surface area contributed by atoms with Gasteiger partial charge in [-0.1, -0.05) is 0 Å². The maximum atomic E-state index is 5.61. The maximum absolute atomic E-state index is 5.61. The number of halogens is 1. The minimum Gasteiger partial charge on any atom is -0.302 e. The van der Waals surface area contributed by atoms with Crippen LogP contribution in [0, 0.1) is 0 Å². The van der Waals surface area contributed by atoms with Gasteiger partial charge < -0.3 is 4.90 Å². The molecule has 0 fully saturated rings. The zero-order valence-corrected chi connectivity index (χ0v) is 8.67. The normalized spacial score (nSPS) is 10.7. The summed E-state index contributed by atoms with van der Waals surface area (Å²) < 4.78 is 0. The molecule has 0 aliphatic carbocycles. The van der Waals surface area contributed by atoms with E-state index < -0.39 is 0 Å². The van der Waals surface area contributed by atoms with Crippen LogP contribution in [0.2, 0.25) is 0 Å². The Labute approximate surface area is 84.5 Å². The van der Waals surface area contributed by atoms with E-state index in [4.69, 9.17) is 11.6 Å². The van der Waals surface area contributed by atoms with Crippen molar-refractivity contribution >= 4 is 11.6 Å². The lowest BCUT2D eigenvalue weighted by Gasteiger charge is -2.15. The summed E-state index contributed by atoms with van der Waals surface area (Å²) in [6.07, 6.45) is 4.69. The first-order chi connectivity index (χ1) is 6.33. The summed E-state index contributed by atoms with van der Waals surface area (Å²) in [4.78, 5) is 6.24. The van der Waals surface area contributed by atoms with Crippen molar-refractivity contribution in [2.24, 2.45) is 0 Å². The molecular formula is C10H15ClN2. The predicted molar refractivity (Wildman–Crippen MR) is 55.9 cm³/mol. The molecule has 0 atom stereocenters. The summed E-state index contributed by atoms with van der Waals surface area (Å²) in [5.74, 6) is 0.737. The molecule has 0 spiro atoms. The highest BCUT2D eigenvalue weighted by molar-refractivity contribution is 6.17. The third-order valence-electron chi connectivity index (χ3n) is 1.88. The van der Waals surface area contributed by atoms with Crippen molar-refractivity contribution in [2.75, 3.05) is 19.5 Å². The van der Waals surface area contributed by atoms with Gasteiger partial charge in [-0.25, -0.2) is 0 Å². The molecule has 1 aromatic heterocycles. The Kier molecular flexibility index (Phi) is 4.79. The van der Waals surface area contributed by atoms with E-state index in [0.29, 0.717) is 0 Å². The summed E-state index contributed by atoms with van der Waals surface area (Å²) in [5.41, 5.74) is 1.30. The smallest absolute Gasteiger partial charge is 0.0271 e. The number of pyridine rings is 1. The first kappa shape index (κ1) is 10.5. The summed E-state index contributed by atoms with van der Waals surface area (Å²) in [6.45, 7) is 2.02. The Hall–Kier alpha value is -0.600. The quantitative estimate of drug-likeness (QED) is 0.674. The highest BCUT2D eigenvalue weighted by Crippen LogP contribution is 2.01. The van der Waals surface area contributed by atoms with E-state index in [0.717, 1.165) is 25.4 Å². The molecule has 2 nitrogen and oxygen atoms in total. The van der Waals surface area contributed by atoms with Gasteiger partial charge in [-0.05, 0) is 37.7 Å². The third-order valence-corrected chi connectivity index (χ3v) is 2.14. The van der Waals surface area contributed by atoms with Crippen LogP contribution in [0.15, 0.2) is 24.5 Å². The van der Waals surface area contributed by atoms with Gasteiger partial charge in [0.2, 0.25) is 0 Å². The number of aromatic nitrogens is 1. The molecule has 1 aromatic rings. The van der Waals surface area contributed by atoms with Gasteiger partial charge in [0.1, 0.15) is 0 Å². The molecule has 3 heteroatoms. The Morgan fingerprint density at radius 1 is 1.38 bits per heavy atom. The number of rotatable bonds is 5. The molecule has 0 N–H and O–H groups in total. The first-order valence-corrected chi connectivity index (χ1v) is 5.00. The molecule has 0 aliphatic heterocycles. The van der Waals surface area contributed by atoms with E-state index in [1.54, 1.807) is 0 Å². The van der Waals surface area contributed by atoms with Gasteiger partial charge in [-0.2, -0.15) is 0 Å². The zero-order valence-electron chi connectivity index (χ0n) is 7.91. The third kappa shape index (κ3) is 4.25. The number of nitrogens with zero attached hydrogens (tertiary/aromatic N) is 2. The molecule has 1 heterocycles. The Balaban J connectivity index is 2.32. The van der Waals surface area contributed by atoms with Crippen molar-refractivity contribution in [1.82, 2.24) is 9.88 Å². The highest BCUT2D eigenvalue weighted by atomic mass is 35.5. The fourth-order valence-corrected chi connectivity index (χ4v) is 1.33. The van der Waals surface area contributed by atoms with Crippen LogP contribution in [0.5, 0.6) is 0 Å². The van der Waals surface area contributed by atoms with Crippen LogP contribution in [0.3, 0.4) is 0 Å². The van der Waals surface area contributed by atoms with Crippen LogP contribution in [0.1, 0.15) is 12.0 Å². The standard InChI is InChI=1S/C10H15ClN2/c1-13(8-2-5-11)9-10-3-6-12-7-4-10/h3-4,6-7H,2,5,8-9H2,1H3. The Morgan fingerprint density at radius 2 is 2.08 bits per heavy atom. The zero-order chi connectivity index (χ0) is 9.52. The van der Waals surface area contributed by atoms with Gasteiger partial charge in [-0.15, -0.1) is 11.6 Å². The topological polar surface area (TPSA) is 16.1 Å². The molecule has 0 saturated carbocycles. The van der Waals surface area contributed by atoms with E-state index >= 15 is 0 Å². The monoisotopic (exact) mass is 198 g/mol. The molecule has 1 rings (SSSR count). The second-order valence-corrected chi connectivity index (χ2v) is 3.51. The molecule has 0 amide bonds. The molecule has 0 aliphatic rings. The molecular weight excluding hydrogens is 184 g/mol. The summed E-state index contributed by atoms with van der Waals surface area (Å²) in [6, 6.07) is 4.08. The molecule has 72 valence electrons. The number of hydrogen-bond donors (Lipinski definition) is 0. The van der Waals surface area contributed by atoms with Gasteiger partial charge in [-0.3, -0.25) is 4.98 Å². The second-order valence-electron chi connectivity index (χ2n) is 3.14. The molecule has 0 radical (unpaired) electrons. The summed E-state index contributed by atoms with van der Waals surface area (Å²) >= 11 is 5.61. The van der Waals surface area contributed by atoms with Crippen LogP contribution in [-0.4, -0.2) is 29.4 Å². The minimum absolute atomic E-state index is 0.737. The van der Waals surface area contributed by atoms with Crippen LogP contribution < -0.4 is 0 Å². The number of alkyl halides is 1. The van der Waals surface area contributed by atoms with Gasteiger partial charge in [0, 0.05) is 24.8 Å². The SMILES string of the molecule is CN(CCCCl)Cc1ccncc1. The van der Waals surface area contributed by atoms with E-state index in [-0.39, 0.29) is 0 Å². The van der Waals surface area contributed by atoms with Crippen molar-refractivity contribution < 1.29 is 0 Å². The van der Waals surface area contributed by atoms with Crippen LogP contribution >= 0.6 is 11.6 Å². The van der Waals surface area contributed by atoms with Crippen LogP contribution in [0.25, 0.3) is 0 Å². The minimum atomic E-state index is 0.737. The van der Waals surface area contributed by atoms with Gasteiger partial charge in [0.15, 0.2) is 0 Å². The van der Waals surface area contributed by atoms with Crippen molar-refractivity contribution in [2.45, 2.75) is 13.0 Å². The lowest BCUT2D eigenvalue weighted by Crippen LogP contribution is -2.19. The average molecular weight is 199 g/mol. The van der Waals surface area contributed by atoms with Gasteiger partial charge in [0.25, 0.3) is 0 Å². The van der Waals surface area contributed by atoms with Crippen LogP contribution in [0.4, 0.5) is 0 Å². The molecule has 0 bridgehead atoms. The number of hydrogen-bond acceptors (Lipinski definition) is 2. The first-order valence-electron chi connectivity index (χ1n) is 4.46. The van der Waals surface area contributed by atoms with Crippen LogP contribution in [-0.2, 0) is 6.54 Å².